The second kappa shape index (κ2) is 5.56. The molecule has 0 aliphatic carbocycles. The number of amides is 2. The van der Waals surface area contributed by atoms with Crippen molar-refractivity contribution >= 4 is 12.0 Å². The molecule has 3 N–H and O–H groups in total. The number of carboxylic acids is 1. The molecule has 0 aromatic rings. The molecular formula is C12H22N2O4. The molecule has 1 saturated heterocycles. The molecule has 1 aliphatic rings. The molecule has 0 aromatic carbocycles. The number of carboxylic acid groups (broad SMARTS) is 1. The summed E-state index contributed by atoms with van der Waals surface area (Å²) in [6, 6.07) is -1.34. The first-order valence-corrected chi connectivity index (χ1v) is 6.22. The summed E-state index contributed by atoms with van der Waals surface area (Å²) in [5.74, 6) is -1.07. The molecule has 6 heteroatoms. The second-order valence-electron chi connectivity index (χ2n) is 5.57. The van der Waals surface area contributed by atoms with Crippen LogP contribution >= 0.6 is 0 Å². The van der Waals surface area contributed by atoms with Gasteiger partial charge in [-0.1, -0.05) is 20.8 Å². The topological polar surface area (TPSA) is 89.9 Å². The summed E-state index contributed by atoms with van der Waals surface area (Å²) < 4.78 is 0. The molecule has 1 rings (SSSR count). The van der Waals surface area contributed by atoms with Crippen LogP contribution < -0.4 is 5.32 Å². The van der Waals surface area contributed by atoms with Gasteiger partial charge in [-0.15, -0.1) is 0 Å². The first-order chi connectivity index (χ1) is 8.26. The van der Waals surface area contributed by atoms with E-state index in [1.54, 1.807) is 0 Å². The minimum Gasteiger partial charge on any atom is -0.480 e. The zero-order valence-corrected chi connectivity index (χ0v) is 11.1. The Morgan fingerprint density at radius 2 is 2.06 bits per heavy atom. The number of rotatable bonds is 4. The average molecular weight is 258 g/mol. The molecule has 2 amide bonds. The van der Waals surface area contributed by atoms with Crippen LogP contribution in [0.1, 0.15) is 33.6 Å². The lowest BCUT2D eigenvalue weighted by Crippen LogP contribution is -2.48. The number of nitrogens with zero attached hydrogens (tertiary/aromatic N) is 1. The van der Waals surface area contributed by atoms with Crippen LogP contribution in [0.25, 0.3) is 0 Å². The van der Waals surface area contributed by atoms with Crippen LogP contribution in [0.15, 0.2) is 0 Å². The van der Waals surface area contributed by atoms with E-state index in [-0.39, 0.29) is 18.4 Å². The molecule has 0 bridgehead atoms. The van der Waals surface area contributed by atoms with Gasteiger partial charge in [0.25, 0.3) is 0 Å². The van der Waals surface area contributed by atoms with Crippen molar-refractivity contribution in [3.8, 4) is 0 Å². The van der Waals surface area contributed by atoms with E-state index in [1.165, 1.54) is 4.90 Å². The van der Waals surface area contributed by atoms with E-state index in [4.69, 9.17) is 5.11 Å². The summed E-state index contributed by atoms with van der Waals surface area (Å²) in [6.07, 6.45) is 0.258. The molecule has 1 aliphatic heterocycles. The number of carbonyl (C=O) groups excluding carboxylic acids is 1. The smallest absolute Gasteiger partial charge is 0.326 e. The molecule has 1 heterocycles. The van der Waals surface area contributed by atoms with Gasteiger partial charge < -0.3 is 20.4 Å². The van der Waals surface area contributed by atoms with Crippen molar-refractivity contribution in [3.05, 3.63) is 0 Å². The van der Waals surface area contributed by atoms with E-state index < -0.39 is 24.1 Å². The quantitative estimate of drug-likeness (QED) is 0.690. The Kier molecular flexibility index (Phi) is 4.56. The van der Waals surface area contributed by atoms with Crippen LogP contribution in [0.5, 0.6) is 0 Å². The number of likely N-dealkylation sites (tertiary alicyclic amines) is 1. The Balaban J connectivity index is 2.58. The predicted octanol–water partition coefficient (Wildman–Crippen LogP) is 0.652. The number of urea groups is 1. The fourth-order valence-electron chi connectivity index (χ4n) is 1.81. The lowest BCUT2D eigenvalue weighted by molar-refractivity contribution is -0.141. The summed E-state index contributed by atoms with van der Waals surface area (Å²) in [7, 11) is 0. The first kappa shape index (κ1) is 14.8. The minimum atomic E-state index is -1.07. The summed E-state index contributed by atoms with van der Waals surface area (Å²) in [4.78, 5) is 24.1. The van der Waals surface area contributed by atoms with Crippen molar-refractivity contribution in [3.63, 3.8) is 0 Å². The molecule has 0 aromatic heterocycles. The van der Waals surface area contributed by atoms with Crippen LogP contribution in [-0.4, -0.2) is 52.3 Å². The Bertz CT molecular complexity index is 330. The predicted molar refractivity (Wildman–Crippen MR) is 66.2 cm³/mol. The average Bonchev–Trinajstić information content (AvgIpc) is 2.68. The fourth-order valence-corrected chi connectivity index (χ4v) is 1.81. The summed E-state index contributed by atoms with van der Waals surface area (Å²) in [6.45, 7) is 6.66. The van der Waals surface area contributed by atoms with Crippen LogP contribution in [-0.2, 0) is 4.79 Å². The van der Waals surface area contributed by atoms with Gasteiger partial charge in [-0.05, 0) is 11.8 Å². The highest BCUT2D eigenvalue weighted by Crippen LogP contribution is 2.20. The second-order valence-corrected chi connectivity index (χ2v) is 5.57. The highest BCUT2D eigenvalue weighted by atomic mass is 16.4. The van der Waals surface area contributed by atoms with E-state index in [0.717, 1.165) is 6.42 Å². The van der Waals surface area contributed by atoms with Crippen molar-refractivity contribution in [1.82, 2.24) is 10.2 Å². The van der Waals surface area contributed by atoms with E-state index in [1.807, 2.05) is 20.8 Å². The molecule has 18 heavy (non-hydrogen) atoms. The molecule has 1 unspecified atom stereocenters. The van der Waals surface area contributed by atoms with Crippen LogP contribution in [0, 0.1) is 5.41 Å². The number of aliphatic carboxylic acids is 1. The van der Waals surface area contributed by atoms with Crippen molar-refractivity contribution in [2.45, 2.75) is 45.8 Å². The third-order valence-corrected chi connectivity index (χ3v) is 3.50. The minimum absolute atomic E-state index is 0.0211. The van der Waals surface area contributed by atoms with Crippen molar-refractivity contribution in [2.24, 2.45) is 5.41 Å². The zero-order chi connectivity index (χ0) is 13.9. The normalized spacial score (nSPS) is 24.1. The largest absolute Gasteiger partial charge is 0.480 e. The number of carbonyl (C=O) groups is 2. The molecule has 0 spiro atoms. The van der Waals surface area contributed by atoms with Gasteiger partial charge >= 0.3 is 12.0 Å². The van der Waals surface area contributed by atoms with Crippen LogP contribution in [0.2, 0.25) is 0 Å². The van der Waals surface area contributed by atoms with Crippen molar-refractivity contribution in [1.29, 1.82) is 0 Å². The maximum absolute atomic E-state index is 11.9. The molecular weight excluding hydrogens is 236 g/mol. The highest BCUT2D eigenvalue weighted by molar-refractivity contribution is 5.83. The van der Waals surface area contributed by atoms with Gasteiger partial charge in [0, 0.05) is 19.5 Å². The number of aliphatic hydroxyl groups is 1. The van der Waals surface area contributed by atoms with E-state index in [9.17, 15) is 14.7 Å². The lowest BCUT2D eigenvalue weighted by Gasteiger charge is -2.26. The van der Waals surface area contributed by atoms with Crippen LogP contribution in [0.4, 0.5) is 4.79 Å². The summed E-state index contributed by atoms with van der Waals surface area (Å²) >= 11 is 0. The molecule has 0 saturated carbocycles. The molecule has 2 atom stereocenters. The zero-order valence-electron chi connectivity index (χ0n) is 11.1. The Morgan fingerprint density at radius 1 is 1.44 bits per heavy atom. The summed E-state index contributed by atoms with van der Waals surface area (Å²) in [5, 5.41) is 21.2. The first-order valence-electron chi connectivity index (χ1n) is 6.22. The number of hydrogen-bond donors (Lipinski definition) is 3. The maximum atomic E-state index is 11.9. The number of β-amino-alcohol motifs (C(OH)–C–C–N with tert-alkyl or cyclic N) is 1. The number of aliphatic hydroxyl groups excluding tert-OH is 1. The van der Waals surface area contributed by atoms with Gasteiger partial charge in [-0.3, -0.25) is 0 Å². The monoisotopic (exact) mass is 258 g/mol. The van der Waals surface area contributed by atoms with E-state index in [2.05, 4.69) is 5.32 Å². The molecule has 6 nitrogen and oxygen atoms in total. The SMILES string of the molecule is CCC(C)(C)CNC(=O)N1CC(O)C[C@H]1C(=O)O. The van der Waals surface area contributed by atoms with Gasteiger partial charge in [-0.2, -0.15) is 0 Å². The molecule has 104 valence electrons. The molecule has 0 radical (unpaired) electrons. The molecule has 1 fully saturated rings. The maximum Gasteiger partial charge on any atom is 0.326 e. The fraction of sp³-hybridized carbons (Fsp3) is 0.833. The lowest BCUT2D eigenvalue weighted by atomic mass is 9.90. The van der Waals surface area contributed by atoms with Crippen molar-refractivity contribution in [2.75, 3.05) is 13.1 Å². The van der Waals surface area contributed by atoms with Gasteiger partial charge in [0.15, 0.2) is 0 Å². The third kappa shape index (κ3) is 3.60. The van der Waals surface area contributed by atoms with Gasteiger partial charge in [0.1, 0.15) is 6.04 Å². The number of nitrogens with one attached hydrogen (secondary N) is 1. The summed E-state index contributed by atoms with van der Waals surface area (Å²) in [5.41, 5.74) is -0.0211. The van der Waals surface area contributed by atoms with Crippen molar-refractivity contribution < 1.29 is 19.8 Å². The Morgan fingerprint density at radius 3 is 2.56 bits per heavy atom. The Labute approximate surface area is 107 Å². The van der Waals surface area contributed by atoms with E-state index >= 15 is 0 Å². The van der Waals surface area contributed by atoms with Gasteiger partial charge in [0.05, 0.1) is 6.10 Å². The van der Waals surface area contributed by atoms with Crippen LogP contribution in [0.3, 0.4) is 0 Å². The van der Waals surface area contributed by atoms with E-state index in [0.29, 0.717) is 6.54 Å². The van der Waals surface area contributed by atoms with Gasteiger partial charge in [0.2, 0.25) is 0 Å². The Hall–Kier alpha value is -1.30. The van der Waals surface area contributed by atoms with Gasteiger partial charge in [-0.25, -0.2) is 9.59 Å². The third-order valence-electron chi connectivity index (χ3n) is 3.50. The number of hydrogen-bond acceptors (Lipinski definition) is 3. The standard InChI is InChI=1S/C12H22N2O4/c1-4-12(2,3)7-13-11(18)14-6-8(15)5-9(14)10(16)17/h8-9,15H,4-7H2,1-3H3,(H,13,18)(H,16,17)/t8?,9-/m0/s1. The highest BCUT2D eigenvalue weighted by Gasteiger charge is 2.39.